The molecular weight excluding hydrogens is 335 g/mol. The average Bonchev–Trinajstić information content (AvgIpc) is 3.31. The molecule has 1 aromatic carbocycles. The van der Waals surface area contributed by atoms with Crippen molar-refractivity contribution in [2.75, 3.05) is 0 Å². The highest BCUT2D eigenvalue weighted by Crippen LogP contribution is 2.31. The number of hydrogen-bond donors (Lipinski definition) is 0. The molecule has 1 heterocycles. The summed E-state index contributed by atoms with van der Waals surface area (Å²) in [7, 11) is 0. The predicted molar refractivity (Wildman–Crippen MR) is 81.2 cm³/mol. The molecule has 1 saturated carbocycles. The number of benzene rings is 1. The number of halogens is 2. The van der Waals surface area contributed by atoms with E-state index in [1.807, 2.05) is 24.3 Å². The van der Waals surface area contributed by atoms with Crippen molar-refractivity contribution in [2.24, 2.45) is 0 Å². The molecule has 0 unspecified atom stereocenters. The standard InChI is InChI=1S/C16H14BrFN2O/c17-14-6-2-1-4-11(14)10-20(12-7-8-12)16(21)13-5-3-9-19-15(13)18/h1-6,9,12H,7-8,10H2. The van der Waals surface area contributed by atoms with Crippen molar-refractivity contribution in [1.82, 2.24) is 9.88 Å². The van der Waals surface area contributed by atoms with Crippen molar-refractivity contribution in [3.05, 3.63) is 64.1 Å². The molecule has 2 aromatic rings. The van der Waals surface area contributed by atoms with E-state index in [4.69, 9.17) is 0 Å². The summed E-state index contributed by atoms with van der Waals surface area (Å²) in [6.45, 7) is 0.471. The third kappa shape index (κ3) is 3.13. The molecule has 3 rings (SSSR count). The van der Waals surface area contributed by atoms with Gasteiger partial charge >= 0.3 is 0 Å². The second-order valence-electron chi connectivity index (χ2n) is 5.10. The normalized spacial score (nSPS) is 14.0. The first-order valence-electron chi connectivity index (χ1n) is 6.81. The molecule has 108 valence electrons. The molecule has 1 aromatic heterocycles. The number of hydrogen-bond acceptors (Lipinski definition) is 2. The van der Waals surface area contributed by atoms with E-state index in [0.717, 1.165) is 22.9 Å². The Morgan fingerprint density at radius 2 is 2.05 bits per heavy atom. The van der Waals surface area contributed by atoms with Crippen molar-refractivity contribution in [2.45, 2.75) is 25.4 Å². The number of carbonyl (C=O) groups is 1. The SMILES string of the molecule is O=C(c1cccnc1F)N(Cc1ccccc1Br)C1CC1. The highest BCUT2D eigenvalue weighted by Gasteiger charge is 2.34. The Morgan fingerprint density at radius 1 is 1.29 bits per heavy atom. The summed E-state index contributed by atoms with van der Waals surface area (Å²) in [5.74, 6) is -1.00. The minimum Gasteiger partial charge on any atom is -0.331 e. The zero-order chi connectivity index (χ0) is 14.8. The fraction of sp³-hybridized carbons (Fsp3) is 0.250. The van der Waals surface area contributed by atoms with Gasteiger partial charge in [-0.2, -0.15) is 4.39 Å². The number of carbonyl (C=O) groups excluding carboxylic acids is 1. The van der Waals surface area contributed by atoms with E-state index < -0.39 is 5.95 Å². The average molecular weight is 349 g/mol. The Balaban J connectivity index is 1.87. The third-order valence-electron chi connectivity index (χ3n) is 3.54. The number of aromatic nitrogens is 1. The third-order valence-corrected chi connectivity index (χ3v) is 4.31. The smallest absolute Gasteiger partial charge is 0.259 e. The second-order valence-corrected chi connectivity index (χ2v) is 5.95. The monoisotopic (exact) mass is 348 g/mol. The molecule has 0 N–H and O–H groups in total. The Hall–Kier alpha value is -1.75. The van der Waals surface area contributed by atoms with Crippen LogP contribution in [0.4, 0.5) is 4.39 Å². The van der Waals surface area contributed by atoms with Crippen molar-refractivity contribution in [1.29, 1.82) is 0 Å². The highest BCUT2D eigenvalue weighted by molar-refractivity contribution is 9.10. The van der Waals surface area contributed by atoms with Crippen LogP contribution in [0.2, 0.25) is 0 Å². The topological polar surface area (TPSA) is 33.2 Å². The van der Waals surface area contributed by atoms with Gasteiger partial charge in [-0.25, -0.2) is 4.98 Å². The van der Waals surface area contributed by atoms with Gasteiger partial charge in [0.1, 0.15) is 0 Å². The summed E-state index contributed by atoms with van der Waals surface area (Å²) in [4.78, 5) is 17.9. The molecule has 0 spiro atoms. The minimum atomic E-state index is -0.708. The summed E-state index contributed by atoms with van der Waals surface area (Å²) in [6.07, 6.45) is 3.29. The van der Waals surface area contributed by atoms with Gasteiger partial charge in [0.05, 0.1) is 5.56 Å². The molecule has 0 bridgehead atoms. The van der Waals surface area contributed by atoms with Crippen molar-refractivity contribution >= 4 is 21.8 Å². The van der Waals surface area contributed by atoms with Gasteiger partial charge in [0.15, 0.2) is 0 Å². The zero-order valence-corrected chi connectivity index (χ0v) is 12.9. The summed E-state index contributed by atoms with van der Waals surface area (Å²) < 4.78 is 14.7. The van der Waals surface area contributed by atoms with E-state index in [0.29, 0.717) is 6.54 Å². The van der Waals surface area contributed by atoms with Gasteiger partial charge in [0.2, 0.25) is 5.95 Å². The summed E-state index contributed by atoms with van der Waals surface area (Å²) in [5.41, 5.74) is 1.05. The van der Waals surface area contributed by atoms with Crippen LogP contribution < -0.4 is 0 Å². The van der Waals surface area contributed by atoms with Crippen LogP contribution in [-0.2, 0) is 6.54 Å². The lowest BCUT2D eigenvalue weighted by Gasteiger charge is -2.23. The first-order chi connectivity index (χ1) is 10.2. The first-order valence-corrected chi connectivity index (χ1v) is 7.61. The van der Waals surface area contributed by atoms with Gasteiger partial charge in [0.25, 0.3) is 5.91 Å². The fourth-order valence-electron chi connectivity index (χ4n) is 2.26. The van der Waals surface area contributed by atoms with Crippen molar-refractivity contribution in [3.63, 3.8) is 0 Å². The van der Waals surface area contributed by atoms with Crippen LogP contribution in [0.5, 0.6) is 0 Å². The van der Waals surface area contributed by atoms with E-state index in [9.17, 15) is 9.18 Å². The van der Waals surface area contributed by atoms with E-state index in [1.165, 1.54) is 12.3 Å². The Kier molecular flexibility index (Phi) is 4.01. The summed E-state index contributed by atoms with van der Waals surface area (Å²) >= 11 is 3.49. The molecule has 0 saturated heterocycles. The van der Waals surface area contributed by atoms with Gasteiger partial charge in [-0.15, -0.1) is 0 Å². The van der Waals surface area contributed by atoms with Crippen LogP contribution in [0.3, 0.4) is 0 Å². The molecule has 1 fully saturated rings. The van der Waals surface area contributed by atoms with Gasteiger partial charge < -0.3 is 4.90 Å². The highest BCUT2D eigenvalue weighted by atomic mass is 79.9. The molecule has 0 atom stereocenters. The molecule has 1 aliphatic rings. The van der Waals surface area contributed by atoms with Crippen LogP contribution >= 0.6 is 15.9 Å². The van der Waals surface area contributed by atoms with Crippen molar-refractivity contribution in [3.8, 4) is 0 Å². The summed E-state index contributed by atoms with van der Waals surface area (Å²) in [5, 5.41) is 0. The number of nitrogens with zero attached hydrogens (tertiary/aromatic N) is 2. The van der Waals surface area contributed by atoms with E-state index in [-0.39, 0.29) is 17.5 Å². The van der Waals surface area contributed by atoms with Gasteiger partial charge in [-0.3, -0.25) is 4.79 Å². The zero-order valence-electron chi connectivity index (χ0n) is 11.3. The van der Waals surface area contributed by atoms with Crippen LogP contribution in [-0.4, -0.2) is 21.8 Å². The largest absolute Gasteiger partial charge is 0.331 e. The van der Waals surface area contributed by atoms with Gasteiger partial charge in [-0.05, 0) is 36.6 Å². The van der Waals surface area contributed by atoms with Gasteiger partial charge in [-0.1, -0.05) is 34.1 Å². The van der Waals surface area contributed by atoms with Crippen LogP contribution in [0, 0.1) is 5.95 Å². The van der Waals surface area contributed by atoms with Gasteiger partial charge in [0, 0.05) is 23.3 Å². The molecule has 0 aliphatic heterocycles. The Morgan fingerprint density at radius 3 is 2.71 bits per heavy atom. The maximum absolute atomic E-state index is 13.7. The first kappa shape index (κ1) is 14.2. The number of pyridine rings is 1. The maximum Gasteiger partial charge on any atom is 0.259 e. The number of rotatable bonds is 4. The summed E-state index contributed by atoms with van der Waals surface area (Å²) in [6, 6.07) is 11.0. The Labute approximate surface area is 130 Å². The molecular formula is C16H14BrFN2O. The molecule has 3 nitrogen and oxygen atoms in total. The minimum absolute atomic E-state index is 0.0384. The molecule has 1 aliphatic carbocycles. The lowest BCUT2D eigenvalue weighted by atomic mass is 10.2. The lowest BCUT2D eigenvalue weighted by molar-refractivity contribution is 0.0723. The van der Waals surface area contributed by atoms with Crippen LogP contribution in [0.15, 0.2) is 47.1 Å². The lowest BCUT2D eigenvalue weighted by Crippen LogP contribution is -2.33. The molecule has 0 radical (unpaired) electrons. The second kappa shape index (κ2) is 5.93. The maximum atomic E-state index is 13.7. The van der Waals surface area contributed by atoms with Crippen LogP contribution in [0.1, 0.15) is 28.8 Å². The van der Waals surface area contributed by atoms with Crippen LogP contribution in [0.25, 0.3) is 0 Å². The Bertz CT molecular complexity index is 673. The molecule has 1 amide bonds. The fourth-order valence-corrected chi connectivity index (χ4v) is 2.67. The predicted octanol–water partition coefficient (Wildman–Crippen LogP) is 3.79. The van der Waals surface area contributed by atoms with E-state index >= 15 is 0 Å². The quantitative estimate of drug-likeness (QED) is 0.787. The number of amides is 1. The molecule has 5 heteroatoms. The van der Waals surface area contributed by atoms with E-state index in [2.05, 4.69) is 20.9 Å². The van der Waals surface area contributed by atoms with E-state index in [1.54, 1.807) is 11.0 Å². The molecule has 21 heavy (non-hydrogen) atoms. The van der Waals surface area contributed by atoms with Crippen molar-refractivity contribution < 1.29 is 9.18 Å².